The lowest BCUT2D eigenvalue weighted by molar-refractivity contribution is 0.0695. The zero-order valence-electron chi connectivity index (χ0n) is 18.8. The molecule has 0 radical (unpaired) electrons. The molecule has 8 heteroatoms. The van der Waals surface area contributed by atoms with Crippen LogP contribution < -0.4 is 10.6 Å². The molecule has 2 aliphatic rings. The van der Waals surface area contributed by atoms with Crippen LogP contribution in [0.5, 0.6) is 5.75 Å². The van der Waals surface area contributed by atoms with E-state index in [1.54, 1.807) is 24.6 Å². The Hall–Kier alpha value is -3.91. The molecule has 0 bridgehead atoms. The van der Waals surface area contributed by atoms with Gasteiger partial charge in [-0.15, -0.1) is 0 Å². The number of carboxylic acids is 1. The van der Waals surface area contributed by atoms with Gasteiger partial charge in [0.2, 0.25) is 5.88 Å². The third-order valence-electron chi connectivity index (χ3n) is 6.32. The number of aromatic nitrogens is 1. The summed E-state index contributed by atoms with van der Waals surface area (Å²) in [4.78, 5) is 20.3. The SMILES string of the molecule is Cc1cc(CNC2CCCC2)ccc1Nc1oc(C=C2C=Nc3ncccc32)c(O)c1C(=O)O. The molecule has 0 unspecified atom stereocenters. The highest BCUT2D eigenvalue weighted by Crippen LogP contribution is 2.39. The molecule has 1 fully saturated rings. The number of carbonyl (C=O) groups is 1. The number of hydrogen-bond donors (Lipinski definition) is 4. The van der Waals surface area contributed by atoms with E-state index in [1.807, 2.05) is 25.1 Å². The maximum atomic E-state index is 11.9. The standard InChI is InChI=1S/C26H26N4O4/c1-15-11-16(13-28-18-5-2-3-6-18)8-9-20(15)30-25-22(26(32)33)23(31)21(34-25)12-17-14-29-24-19(17)7-4-10-27-24/h4,7-12,14,18,28,30-31H,2-3,5-6,13H2,1H3,(H,32,33). The molecule has 8 nitrogen and oxygen atoms in total. The Morgan fingerprint density at radius 2 is 2.09 bits per heavy atom. The van der Waals surface area contributed by atoms with Crippen LogP contribution in [-0.2, 0) is 6.54 Å². The van der Waals surface area contributed by atoms with E-state index in [2.05, 4.69) is 26.7 Å². The largest absolute Gasteiger partial charge is 0.504 e. The fourth-order valence-corrected chi connectivity index (χ4v) is 4.50. The molecule has 5 rings (SSSR count). The van der Waals surface area contributed by atoms with E-state index in [4.69, 9.17) is 4.42 Å². The molecule has 0 amide bonds. The van der Waals surface area contributed by atoms with Crippen LogP contribution in [0.4, 0.5) is 17.4 Å². The number of aryl methyl sites for hydroxylation is 1. The van der Waals surface area contributed by atoms with Gasteiger partial charge in [-0.1, -0.05) is 25.0 Å². The number of nitrogens with one attached hydrogen (secondary N) is 2. The predicted octanol–water partition coefficient (Wildman–Crippen LogP) is 5.42. The Kier molecular flexibility index (Phi) is 5.90. The van der Waals surface area contributed by atoms with E-state index in [-0.39, 0.29) is 17.2 Å². The lowest BCUT2D eigenvalue weighted by Crippen LogP contribution is -2.25. The molecule has 0 atom stereocenters. The topological polar surface area (TPSA) is 120 Å². The summed E-state index contributed by atoms with van der Waals surface area (Å²) in [5.41, 5.74) is 3.94. The van der Waals surface area contributed by atoms with Gasteiger partial charge in [0.25, 0.3) is 0 Å². The van der Waals surface area contributed by atoms with E-state index in [9.17, 15) is 15.0 Å². The van der Waals surface area contributed by atoms with Crippen LogP contribution >= 0.6 is 0 Å². The highest BCUT2D eigenvalue weighted by molar-refractivity contribution is 6.21. The van der Waals surface area contributed by atoms with Gasteiger partial charge in [-0.05, 0) is 55.2 Å². The summed E-state index contributed by atoms with van der Waals surface area (Å²) in [5.74, 6) is -1.16. The van der Waals surface area contributed by atoms with Crippen molar-refractivity contribution in [3.05, 3.63) is 64.5 Å². The molecule has 1 saturated carbocycles. The van der Waals surface area contributed by atoms with Gasteiger partial charge < -0.3 is 25.3 Å². The highest BCUT2D eigenvalue weighted by Gasteiger charge is 2.26. The Balaban J connectivity index is 1.39. The first kappa shape index (κ1) is 21.9. The second-order valence-electron chi connectivity index (χ2n) is 8.69. The van der Waals surface area contributed by atoms with Crippen molar-refractivity contribution in [3.8, 4) is 5.75 Å². The van der Waals surface area contributed by atoms with E-state index in [1.165, 1.54) is 25.7 Å². The van der Waals surface area contributed by atoms with Crippen molar-refractivity contribution in [2.75, 3.05) is 5.32 Å². The zero-order chi connectivity index (χ0) is 23.7. The van der Waals surface area contributed by atoms with E-state index in [0.717, 1.165) is 23.2 Å². The van der Waals surface area contributed by atoms with Crippen molar-refractivity contribution in [1.82, 2.24) is 10.3 Å². The van der Waals surface area contributed by atoms with E-state index >= 15 is 0 Å². The molecule has 4 N–H and O–H groups in total. The second-order valence-corrected chi connectivity index (χ2v) is 8.69. The third kappa shape index (κ3) is 4.32. The van der Waals surface area contributed by atoms with Crippen LogP contribution in [0.25, 0.3) is 11.6 Å². The summed E-state index contributed by atoms with van der Waals surface area (Å²) in [6.07, 6.45) is 9.85. The summed E-state index contributed by atoms with van der Waals surface area (Å²) in [5, 5.41) is 27.0. The number of carboxylic acid groups (broad SMARTS) is 1. The van der Waals surface area contributed by atoms with Crippen molar-refractivity contribution in [2.24, 2.45) is 4.99 Å². The third-order valence-corrected chi connectivity index (χ3v) is 6.32. The van der Waals surface area contributed by atoms with E-state index < -0.39 is 11.7 Å². The molecule has 0 spiro atoms. The van der Waals surface area contributed by atoms with Gasteiger partial charge in [-0.3, -0.25) is 0 Å². The first-order valence-corrected chi connectivity index (χ1v) is 11.4. The van der Waals surface area contributed by atoms with Gasteiger partial charge in [0.05, 0.1) is 0 Å². The minimum atomic E-state index is -1.29. The van der Waals surface area contributed by atoms with Crippen molar-refractivity contribution in [1.29, 1.82) is 0 Å². The molecule has 1 aliphatic heterocycles. The molecule has 2 aromatic heterocycles. The maximum absolute atomic E-state index is 11.9. The Morgan fingerprint density at radius 3 is 2.85 bits per heavy atom. The Morgan fingerprint density at radius 1 is 1.26 bits per heavy atom. The minimum absolute atomic E-state index is 0.0295. The number of furan rings is 1. The molecule has 34 heavy (non-hydrogen) atoms. The average molecular weight is 459 g/mol. The summed E-state index contributed by atoms with van der Waals surface area (Å²) in [7, 11) is 0. The number of anilines is 2. The number of nitrogens with zero attached hydrogens (tertiary/aromatic N) is 2. The van der Waals surface area contributed by atoms with Gasteiger partial charge >= 0.3 is 5.97 Å². The first-order valence-electron chi connectivity index (χ1n) is 11.4. The average Bonchev–Trinajstić information content (AvgIpc) is 3.55. The van der Waals surface area contributed by atoms with Gasteiger partial charge in [-0.2, -0.15) is 0 Å². The summed E-state index contributed by atoms with van der Waals surface area (Å²) in [6, 6.07) is 10.2. The number of hydrogen-bond acceptors (Lipinski definition) is 7. The lowest BCUT2D eigenvalue weighted by Gasteiger charge is -2.14. The minimum Gasteiger partial charge on any atom is -0.504 e. The molecule has 3 heterocycles. The summed E-state index contributed by atoms with van der Waals surface area (Å²) >= 11 is 0. The first-order chi connectivity index (χ1) is 16.5. The highest BCUT2D eigenvalue weighted by atomic mass is 16.4. The fourth-order valence-electron chi connectivity index (χ4n) is 4.50. The van der Waals surface area contributed by atoms with Crippen LogP contribution in [-0.4, -0.2) is 33.4 Å². The van der Waals surface area contributed by atoms with Crippen molar-refractivity contribution < 1.29 is 19.4 Å². The van der Waals surface area contributed by atoms with Gasteiger partial charge in [-0.25, -0.2) is 14.8 Å². The molecular weight excluding hydrogens is 432 g/mol. The van der Waals surface area contributed by atoms with E-state index in [0.29, 0.717) is 23.1 Å². The summed E-state index contributed by atoms with van der Waals surface area (Å²) in [6.45, 7) is 2.75. The predicted molar refractivity (Wildman–Crippen MR) is 131 cm³/mol. The number of rotatable bonds is 7. The smallest absolute Gasteiger partial charge is 0.345 e. The second kappa shape index (κ2) is 9.15. The molecule has 0 saturated heterocycles. The molecule has 1 aliphatic carbocycles. The van der Waals surface area contributed by atoms with Crippen molar-refractivity contribution in [3.63, 3.8) is 0 Å². The van der Waals surface area contributed by atoms with Crippen LogP contribution in [0.2, 0.25) is 0 Å². The normalized spacial score (nSPS) is 16.3. The van der Waals surface area contributed by atoms with Gasteiger partial charge in [0.1, 0.15) is 0 Å². The summed E-state index contributed by atoms with van der Waals surface area (Å²) < 4.78 is 5.78. The van der Waals surface area contributed by atoms with Crippen LogP contribution in [0.1, 0.15) is 58.5 Å². The number of allylic oxidation sites excluding steroid dienone is 1. The van der Waals surface area contributed by atoms with Crippen LogP contribution in [0.15, 0.2) is 45.9 Å². The van der Waals surface area contributed by atoms with Crippen LogP contribution in [0, 0.1) is 6.92 Å². The number of benzene rings is 1. The van der Waals surface area contributed by atoms with Crippen molar-refractivity contribution >= 4 is 41.2 Å². The van der Waals surface area contributed by atoms with Crippen molar-refractivity contribution in [2.45, 2.75) is 45.2 Å². The lowest BCUT2D eigenvalue weighted by atomic mass is 10.1. The molecule has 1 aromatic carbocycles. The van der Waals surface area contributed by atoms with Gasteiger partial charge in [0, 0.05) is 41.8 Å². The zero-order valence-corrected chi connectivity index (χ0v) is 18.8. The fraction of sp³-hybridized carbons (Fsp3) is 0.269. The van der Waals surface area contributed by atoms with Gasteiger partial charge in [0.15, 0.2) is 22.9 Å². The molecule has 3 aromatic rings. The number of pyridine rings is 1. The number of aliphatic imine (C=N–C) groups is 1. The van der Waals surface area contributed by atoms with Crippen LogP contribution in [0.3, 0.4) is 0 Å². The number of aromatic hydroxyl groups is 1. The quantitative estimate of drug-likeness (QED) is 0.373. The Labute approximate surface area is 197 Å². The molecule has 174 valence electrons. The number of aromatic carboxylic acids is 1. The Bertz CT molecular complexity index is 1300. The molecular formula is C26H26N4O4. The monoisotopic (exact) mass is 458 g/mol. The number of fused-ring (bicyclic) bond motifs is 1. The maximum Gasteiger partial charge on any atom is 0.345 e.